The van der Waals surface area contributed by atoms with Crippen LogP contribution in [0.1, 0.15) is 38.9 Å². The van der Waals surface area contributed by atoms with E-state index in [1.165, 1.54) is 0 Å². The van der Waals surface area contributed by atoms with Crippen molar-refractivity contribution < 1.29 is 5.11 Å². The number of aliphatic hydroxyl groups is 1. The fourth-order valence-electron chi connectivity index (χ4n) is 1.84. The van der Waals surface area contributed by atoms with E-state index < -0.39 is 6.10 Å². The zero-order valence-electron chi connectivity index (χ0n) is 10.7. The van der Waals surface area contributed by atoms with Crippen molar-refractivity contribution in [1.29, 1.82) is 0 Å². The summed E-state index contributed by atoms with van der Waals surface area (Å²) in [6, 6.07) is 10.5. The van der Waals surface area contributed by atoms with Crippen molar-refractivity contribution in [2.75, 3.05) is 7.05 Å². The lowest BCUT2D eigenvalue weighted by molar-refractivity contribution is 0.0522. The minimum absolute atomic E-state index is 0.136. The molecular weight excluding hydrogens is 198 g/mol. The van der Waals surface area contributed by atoms with Gasteiger partial charge in [-0.3, -0.25) is 4.90 Å². The van der Waals surface area contributed by atoms with E-state index in [2.05, 4.69) is 32.7 Å². The summed E-state index contributed by atoms with van der Waals surface area (Å²) in [5, 5.41) is 10.3. The quantitative estimate of drug-likeness (QED) is 0.826. The van der Waals surface area contributed by atoms with Crippen molar-refractivity contribution in [2.24, 2.45) is 0 Å². The van der Waals surface area contributed by atoms with Crippen molar-refractivity contribution in [2.45, 2.75) is 45.4 Å². The van der Waals surface area contributed by atoms with Gasteiger partial charge in [0.25, 0.3) is 0 Å². The van der Waals surface area contributed by atoms with Crippen LogP contribution in [-0.2, 0) is 0 Å². The molecule has 0 aliphatic carbocycles. The molecule has 0 aliphatic heterocycles. The van der Waals surface area contributed by atoms with Gasteiger partial charge in [-0.1, -0.05) is 37.3 Å². The van der Waals surface area contributed by atoms with Gasteiger partial charge in [0, 0.05) is 12.1 Å². The topological polar surface area (TPSA) is 23.5 Å². The normalized spacial score (nSPS) is 17.1. The molecule has 2 heteroatoms. The number of aliphatic hydroxyl groups excluding tert-OH is 1. The molecule has 1 N–H and O–H groups in total. The average molecular weight is 221 g/mol. The van der Waals surface area contributed by atoms with E-state index in [1.807, 2.05) is 30.3 Å². The summed E-state index contributed by atoms with van der Waals surface area (Å²) in [4.78, 5) is 2.23. The summed E-state index contributed by atoms with van der Waals surface area (Å²) in [5.74, 6) is 0. The van der Waals surface area contributed by atoms with E-state index >= 15 is 0 Å². The Morgan fingerprint density at radius 3 is 2.25 bits per heavy atom. The molecule has 0 fully saturated rings. The van der Waals surface area contributed by atoms with E-state index in [0.717, 1.165) is 12.0 Å². The molecular formula is C14H23NO. The van der Waals surface area contributed by atoms with Crippen molar-refractivity contribution in [3.63, 3.8) is 0 Å². The minimum Gasteiger partial charge on any atom is -0.387 e. The van der Waals surface area contributed by atoms with E-state index in [0.29, 0.717) is 6.04 Å². The molecule has 90 valence electrons. The summed E-state index contributed by atoms with van der Waals surface area (Å²) in [6.45, 7) is 6.43. The molecule has 0 amide bonds. The Morgan fingerprint density at radius 2 is 1.75 bits per heavy atom. The monoisotopic (exact) mass is 221 g/mol. The molecule has 0 aliphatic rings. The second kappa shape index (κ2) is 6.02. The van der Waals surface area contributed by atoms with E-state index in [9.17, 15) is 5.11 Å². The summed E-state index contributed by atoms with van der Waals surface area (Å²) < 4.78 is 0. The molecule has 0 saturated carbocycles. The number of likely N-dealkylation sites (N-methyl/N-ethyl adjacent to an activating group) is 1. The summed E-state index contributed by atoms with van der Waals surface area (Å²) in [5.41, 5.74) is 0.991. The summed E-state index contributed by atoms with van der Waals surface area (Å²) in [6.07, 6.45) is 0.683. The van der Waals surface area contributed by atoms with Crippen molar-refractivity contribution in [3.8, 4) is 0 Å². The van der Waals surface area contributed by atoms with Crippen LogP contribution in [-0.4, -0.2) is 29.1 Å². The van der Waals surface area contributed by atoms with Crippen molar-refractivity contribution in [1.82, 2.24) is 4.90 Å². The third kappa shape index (κ3) is 3.06. The van der Waals surface area contributed by atoms with Crippen LogP contribution in [0.3, 0.4) is 0 Å². The smallest absolute Gasteiger partial charge is 0.0942 e. The Morgan fingerprint density at radius 1 is 1.19 bits per heavy atom. The van der Waals surface area contributed by atoms with Gasteiger partial charge in [-0.05, 0) is 32.9 Å². The van der Waals surface area contributed by atoms with Crippen LogP contribution in [0.5, 0.6) is 0 Å². The summed E-state index contributed by atoms with van der Waals surface area (Å²) in [7, 11) is 2.07. The highest BCUT2D eigenvalue weighted by Gasteiger charge is 2.22. The van der Waals surface area contributed by atoms with Gasteiger partial charge in [-0.25, -0.2) is 0 Å². The van der Waals surface area contributed by atoms with Crippen LogP contribution in [0.2, 0.25) is 0 Å². The highest BCUT2D eigenvalue weighted by Crippen LogP contribution is 2.21. The van der Waals surface area contributed by atoms with E-state index in [1.54, 1.807) is 0 Å². The maximum absolute atomic E-state index is 10.3. The standard InChI is InChI=1S/C14H23NO/c1-5-11(2)15(4)12(3)14(16)13-9-7-6-8-10-13/h6-12,14,16H,5H2,1-4H3/t11-,12+,14-/m1/s1. The third-order valence-electron chi connectivity index (χ3n) is 3.53. The first kappa shape index (κ1) is 13.2. The number of hydrogen-bond acceptors (Lipinski definition) is 2. The Bertz CT molecular complexity index is 299. The molecule has 1 rings (SSSR count). The molecule has 0 saturated heterocycles. The van der Waals surface area contributed by atoms with E-state index in [-0.39, 0.29) is 6.04 Å². The molecule has 0 aromatic heterocycles. The molecule has 3 atom stereocenters. The maximum Gasteiger partial charge on any atom is 0.0942 e. The molecule has 16 heavy (non-hydrogen) atoms. The molecule has 2 nitrogen and oxygen atoms in total. The number of hydrogen-bond donors (Lipinski definition) is 1. The predicted octanol–water partition coefficient (Wildman–Crippen LogP) is 2.84. The Labute approximate surface area is 98.9 Å². The highest BCUT2D eigenvalue weighted by molar-refractivity contribution is 5.18. The molecule has 0 radical (unpaired) electrons. The third-order valence-corrected chi connectivity index (χ3v) is 3.53. The lowest BCUT2D eigenvalue weighted by Gasteiger charge is -2.33. The number of rotatable bonds is 5. The molecule has 1 aromatic carbocycles. The lowest BCUT2D eigenvalue weighted by atomic mass is 10.0. The van der Waals surface area contributed by atoms with Crippen LogP contribution in [0, 0.1) is 0 Å². The molecule has 0 bridgehead atoms. The van der Waals surface area contributed by atoms with Gasteiger partial charge >= 0.3 is 0 Å². The molecule has 0 heterocycles. The fourth-order valence-corrected chi connectivity index (χ4v) is 1.84. The highest BCUT2D eigenvalue weighted by atomic mass is 16.3. The lowest BCUT2D eigenvalue weighted by Crippen LogP contribution is -2.40. The summed E-state index contributed by atoms with van der Waals surface area (Å²) >= 11 is 0. The number of nitrogens with zero attached hydrogens (tertiary/aromatic N) is 1. The Kier molecular flexibility index (Phi) is 4.97. The molecule has 0 unspecified atom stereocenters. The van der Waals surface area contributed by atoms with Crippen molar-refractivity contribution >= 4 is 0 Å². The average Bonchev–Trinajstić information content (AvgIpc) is 2.36. The van der Waals surface area contributed by atoms with E-state index in [4.69, 9.17) is 0 Å². The maximum atomic E-state index is 10.3. The first-order valence-electron chi connectivity index (χ1n) is 6.02. The second-order valence-corrected chi connectivity index (χ2v) is 4.52. The first-order chi connectivity index (χ1) is 7.57. The van der Waals surface area contributed by atoms with Crippen LogP contribution in [0.4, 0.5) is 0 Å². The van der Waals surface area contributed by atoms with Crippen LogP contribution < -0.4 is 0 Å². The first-order valence-corrected chi connectivity index (χ1v) is 6.02. The Hall–Kier alpha value is -0.860. The van der Waals surface area contributed by atoms with Gasteiger partial charge in [0.05, 0.1) is 6.10 Å². The van der Waals surface area contributed by atoms with Gasteiger partial charge in [0.1, 0.15) is 0 Å². The van der Waals surface area contributed by atoms with Crippen LogP contribution >= 0.6 is 0 Å². The van der Waals surface area contributed by atoms with Gasteiger partial charge in [-0.2, -0.15) is 0 Å². The minimum atomic E-state index is -0.416. The van der Waals surface area contributed by atoms with Gasteiger partial charge in [0.2, 0.25) is 0 Å². The van der Waals surface area contributed by atoms with Crippen molar-refractivity contribution in [3.05, 3.63) is 35.9 Å². The van der Waals surface area contributed by atoms with Gasteiger partial charge in [0.15, 0.2) is 0 Å². The zero-order valence-corrected chi connectivity index (χ0v) is 10.7. The zero-order chi connectivity index (χ0) is 12.1. The molecule has 0 spiro atoms. The van der Waals surface area contributed by atoms with Crippen LogP contribution in [0.15, 0.2) is 30.3 Å². The largest absolute Gasteiger partial charge is 0.387 e. The fraction of sp³-hybridized carbons (Fsp3) is 0.571. The van der Waals surface area contributed by atoms with Crippen LogP contribution in [0.25, 0.3) is 0 Å². The number of benzene rings is 1. The Balaban J connectivity index is 2.71. The molecule has 1 aromatic rings. The second-order valence-electron chi connectivity index (χ2n) is 4.52. The predicted molar refractivity (Wildman–Crippen MR) is 68.4 cm³/mol. The van der Waals surface area contributed by atoms with Gasteiger partial charge < -0.3 is 5.11 Å². The van der Waals surface area contributed by atoms with Gasteiger partial charge in [-0.15, -0.1) is 0 Å². The SMILES string of the molecule is CC[C@@H](C)N(C)[C@@H](C)[C@@H](O)c1ccccc1.